The van der Waals surface area contributed by atoms with Crippen molar-refractivity contribution in [1.82, 2.24) is 19.6 Å². The van der Waals surface area contributed by atoms with Crippen LogP contribution in [0.4, 0.5) is 19.0 Å². The van der Waals surface area contributed by atoms with Crippen molar-refractivity contribution in [3.05, 3.63) is 59.9 Å². The number of aromatic nitrogens is 3. The molecule has 4 aromatic rings. The van der Waals surface area contributed by atoms with Crippen molar-refractivity contribution < 1.29 is 41.1 Å². The smallest absolute Gasteiger partial charge is 0.459 e. The normalized spacial score (nSPS) is 15.4. The van der Waals surface area contributed by atoms with E-state index in [1.165, 1.54) is 6.92 Å². The molecular formula is C33H43F3N5O6P. The molecule has 0 aliphatic heterocycles. The van der Waals surface area contributed by atoms with Crippen molar-refractivity contribution in [2.45, 2.75) is 91.3 Å². The fourth-order valence-electron chi connectivity index (χ4n) is 5.31. The highest BCUT2D eigenvalue weighted by Gasteiger charge is 2.39. The monoisotopic (exact) mass is 693 g/mol. The standard InChI is InChI=1S/C33H43F3N5O6P/c1-7-9-18-32(6,41-27(19-44-8-2)39-28-29(41)25-12-10-11-13-26(25)38-30(28)37)20-45-48(43,40-22(5)31(42)46-21(3)4)47-24-16-14-23(15-17-24)33(34,35)36/h10-17,21-22H,7-9,18-20H2,1-6H3,(H2,37,38)(H,40,43)/t22-,32+,48+/m0/s1. The molecule has 3 N–H and O–H groups in total. The van der Waals surface area contributed by atoms with Crippen LogP contribution in [0.2, 0.25) is 0 Å². The van der Waals surface area contributed by atoms with Gasteiger partial charge in [0.15, 0.2) is 5.82 Å². The van der Waals surface area contributed by atoms with E-state index in [0.717, 1.165) is 42.5 Å². The van der Waals surface area contributed by atoms with Gasteiger partial charge in [0.2, 0.25) is 0 Å². The summed E-state index contributed by atoms with van der Waals surface area (Å²) in [6.45, 7) is 10.9. The maximum absolute atomic E-state index is 14.5. The van der Waals surface area contributed by atoms with Gasteiger partial charge in [-0.05, 0) is 71.4 Å². The molecule has 0 radical (unpaired) electrons. The number of ether oxygens (including phenoxy) is 2. The van der Waals surface area contributed by atoms with E-state index in [-0.39, 0.29) is 24.8 Å². The predicted molar refractivity (Wildman–Crippen MR) is 177 cm³/mol. The number of nitrogen functional groups attached to an aromatic ring is 1. The summed E-state index contributed by atoms with van der Waals surface area (Å²) in [4.78, 5) is 22.1. The molecule has 0 saturated heterocycles. The average Bonchev–Trinajstić information content (AvgIpc) is 3.42. The number of carbonyl (C=O) groups excluding carboxylic acids is 1. The third-order valence-corrected chi connectivity index (χ3v) is 9.27. The summed E-state index contributed by atoms with van der Waals surface area (Å²) in [5.74, 6) is -0.102. The molecule has 262 valence electrons. The van der Waals surface area contributed by atoms with Gasteiger partial charge in [-0.15, -0.1) is 0 Å². The van der Waals surface area contributed by atoms with Gasteiger partial charge < -0.3 is 24.3 Å². The lowest BCUT2D eigenvalue weighted by Crippen LogP contribution is -2.40. The highest BCUT2D eigenvalue weighted by atomic mass is 31.2. The van der Waals surface area contributed by atoms with Crippen LogP contribution in [0.15, 0.2) is 48.5 Å². The van der Waals surface area contributed by atoms with Gasteiger partial charge in [0.05, 0.1) is 34.8 Å². The van der Waals surface area contributed by atoms with E-state index in [0.29, 0.717) is 35.4 Å². The van der Waals surface area contributed by atoms with Gasteiger partial charge in [-0.3, -0.25) is 9.32 Å². The van der Waals surface area contributed by atoms with Crippen LogP contribution in [0, 0.1) is 0 Å². The van der Waals surface area contributed by atoms with Crippen molar-refractivity contribution in [2.75, 3.05) is 18.9 Å². The largest absolute Gasteiger partial charge is 0.462 e. The number of imidazole rings is 1. The molecule has 0 unspecified atom stereocenters. The van der Waals surface area contributed by atoms with Crippen molar-refractivity contribution >= 4 is 41.5 Å². The molecular weight excluding hydrogens is 650 g/mol. The van der Waals surface area contributed by atoms with Gasteiger partial charge in [-0.2, -0.15) is 18.3 Å². The first-order valence-electron chi connectivity index (χ1n) is 15.8. The van der Waals surface area contributed by atoms with Crippen molar-refractivity contribution in [1.29, 1.82) is 0 Å². The number of alkyl halides is 3. The second kappa shape index (κ2) is 15.2. The third-order valence-electron chi connectivity index (χ3n) is 7.64. The Morgan fingerprint density at radius 2 is 1.75 bits per heavy atom. The van der Waals surface area contributed by atoms with Crippen molar-refractivity contribution in [2.24, 2.45) is 0 Å². The van der Waals surface area contributed by atoms with Crippen LogP contribution in [0.1, 0.15) is 72.2 Å². The number of nitrogens with zero attached hydrogens (tertiary/aromatic N) is 3. The number of rotatable bonds is 16. The Kier molecular flexibility index (Phi) is 11.8. The van der Waals surface area contributed by atoms with Gasteiger partial charge >= 0.3 is 19.9 Å². The molecule has 0 aliphatic rings. The highest BCUT2D eigenvalue weighted by Crippen LogP contribution is 2.48. The summed E-state index contributed by atoms with van der Waals surface area (Å²) in [6, 6.07) is 10.0. The highest BCUT2D eigenvalue weighted by molar-refractivity contribution is 7.52. The van der Waals surface area contributed by atoms with Crippen LogP contribution >= 0.6 is 7.75 Å². The lowest BCUT2D eigenvalue weighted by atomic mass is 9.94. The van der Waals surface area contributed by atoms with E-state index in [9.17, 15) is 22.5 Å². The summed E-state index contributed by atoms with van der Waals surface area (Å²) in [5, 5.41) is 3.41. The minimum atomic E-state index is -4.58. The maximum Gasteiger partial charge on any atom is 0.459 e. The summed E-state index contributed by atoms with van der Waals surface area (Å²) in [7, 11) is -4.47. The third kappa shape index (κ3) is 8.65. The molecule has 0 saturated carbocycles. The number of pyridine rings is 1. The van der Waals surface area contributed by atoms with Gasteiger partial charge in [-0.1, -0.05) is 38.0 Å². The number of nitrogens with two attached hydrogens (primary N) is 1. The number of anilines is 1. The number of unbranched alkanes of at least 4 members (excludes halogenated alkanes) is 1. The lowest BCUT2D eigenvalue weighted by molar-refractivity contribution is -0.149. The first-order chi connectivity index (χ1) is 22.6. The summed E-state index contributed by atoms with van der Waals surface area (Å²) < 4.78 is 79.2. The van der Waals surface area contributed by atoms with Gasteiger partial charge in [-0.25, -0.2) is 14.5 Å². The van der Waals surface area contributed by atoms with E-state index in [1.807, 2.05) is 49.6 Å². The van der Waals surface area contributed by atoms with E-state index in [2.05, 4.69) is 10.1 Å². The molecule has 11 nitrogen and oxygen atoms in total. The first-order valence-corrected chi connectivity index (χ1v) is 17.4. The van der Waals surface area contributed by atoms with Gasteiger partial charge in [0, 0.05) is 12.0 Å². The molecule has 2 aromatic carbocycles. The number of fused-ring (bicyclic) bond motifs is 3. The van der Waals surface area contributed by atoms with Crippen molar-refractivity contribution in [3.8, 4) is 5.75 Å². The molecule has 0 spiro atoms. The zero-order valence-electron chi connectivity index (χ0n) is 28.0. The van der Waals surface area contributed by atoms with E-state index >= 15 is 0 Å². The molecule has 0 amide bonds. The zero-order valence-corrected chi connectivity index (χ0v) is 28.9. The second-order valence-electron chi connectivity index (χ2n) is 12.0. The summed E-state index contributed by atoms with van der Waals surface area (Å²) >= 11 is 0. The Hall–Kier alpha value is -3.71. The fourth-order valence-corrected chi connectivity index (χ4v) is 6.91. The number of para-hydroxylation sites is 1. The molecule has 15 heteroatoms. The van der Waals surface area contributed by atoms with E-state index < -0.39 is 43.1 Å². The molecule has 4 rings (SSSR count). The second-order valence-corrected chi connectivity index (χ2v) is 13.7. The van der Waals surface area contributed by atoms with Crippen LogP contribution < -0.4 is 15.3 Å². The number of hydrogen-bond acceptors (Lipinski definition) is 9. The molecule has 0 fully saturated rings. The topological polar surface area (TPSA) is 140 Å². The average molecular weight is 694 g/mol. The summed E-state index contributed by atoms with van der Waals surface area (Å²) in [5.41, 5.74) is 6.37. The van der Waals surface area contributed by atoms with Crippen LogP contribution in [0.3, 0.4) is 0 Å². The molecule has 0 bridgehead atoms. The fraction of sp³-hybridized carbons (Fsp3) is 0.485. The minimum Gasteiger partial charge on any atom is -0.462 e. The summed E-state index contributed by atoms with van der Waals surface area (Å²) in [6.07, 6.45) is -2.95. The number of benzene rings is 2. The van der Waals surface area contributed by atoms with Crippen LogP contribution in [0.5, 0.6) is 5.75 Å². The Morgan fingerprint density at radius 3 is 2.38 bits per heavy atom. The van der Waals surface area contributed by atoms with Gasteiger partial charge in [0.25, 0.3) is 0 Å². The van der Waals surface area contributed by atoms with Crippen LogP contribution in [-0.4, -0.2) is 45.9 Å². The molecule has 2 aromatic heterocycles. The van der Waals surface area contributed by atoms with Crippen LogP contribution in [-0.2, 0) is 41.7 Å². The molecule has 2 heterocycles. The molecule has 0 aliphatic carbocycles. The Balaban J connectivity index is 1.81. The molecule has 48 heavy (non-hydrogen) atoms. The quantitative estimate of drug-likeness (QED) is 0.0884. The zero-order chi connectivity index (χ0) is 35.3. The SMILES string of the molecule is CCCC[C@](C)(CO[P@](=O)(N[C@@H](C)C(=O)OC(C)C)Oc1ccc(C(F)(F)F)cc1)n1c(COCC)nc2c(N)nc3ccccc3c21. The Morgan fingerprint density at radius 1 is 1.06 bits per heavy atom. The number of nitrogens with one attached hydrogen (secondary N) is 1. The number of carbonyl (C=O) groups is 1. The number of hydrogen-bond donors (Lipinski definition) is 2. The van der Waals surface area contributed by atoms with Crippen LogP contribution in [0.25, 0.3) is 21.9 Å². The molecule has 3 atom stereocenters. The van der Waals surface area contributed by atoms with Crippen molar-refractivity contribution in [3.63, 3.8) is 0 Å². The Labute approximate surface area is 277 Å². The number of esters is 1. The van der Waals surface area contributed by atoms with Gasteiger partial charge in [0.1, 0.15) is 29.7 Å². The maximum atomic E-state index is 14.5. The van der Waals surface area contributed by atoms with E-state index in [4.69, 9.17) is 29.2 Å². The minimum absolute atomic E-state index is 0.136. The lowest BCUT2D eigenvalue weighted by Gasteiger charge is -2.35. The first kappa shape index (κ1) is 37.1. The Bertz CT molecular complexity index is 1760. The van der Waals surface area contributed by atoms with E-state index in [1.54, 1.807) is 13.8 Å². The predicted octanol–water partition coefficient (Wildman–Crippen LogP) is 7.76. The number of halogens is 3.